The number of benzene rings is 1. The third-order valence-electron chi connectivity index (χ3n) is 3.37. The summed E-state index contributed by atoms with van der Waals surface area (Å²) in [7, 11) is 0. The molecular formula is C13H13FO2. The molecule has 0 spiro atoms. The van der Waals surface area contributed by atoms with Crippen LogP contribution in [-0.4, -0.2) is 5.11 Å². The van der Waals surface area contributed by atoms with E-state index in [1.165, 1.54) is 12.1 Å². The Bertz CT molecular complexity index is 532. The van der Waals surface area contributed by atoms with Crippen LogP contribution in [0.1, 0.15) is 25.2 Å². The first-order valence-electron chi connectivity index (χ1n) is 5.52. The number of hydrogen-bond acceptors (Lipinski definition) is 2. The zero-order valence-electron chi connectivity index (χ0n) is 8.98. The molecule has 3 heteroatoms. The van der Waals surface area contributed by atoms with Gasteiger partial charge in [0, 0.05) is 5.39 Å². The van der Waals surface area contributed by atoms with Crippen molar-refractivity contribution in [3.63, 3.8) is 0 Å². The van der Waals surface area contributed by atoms with Gasteiger partial charge in [-0.15, -0.1) is 0 Å². The van der Waals surface area contributed by atoms with Gasteiger partial charge in [-0.05, 0) is 42.5 Å². The highest BCUT2D eigenvalue weighted by Crippen LogP contribution is 2.47. The van der Waals surface area contributed by atoms with Crippen molar-refractivity contribution in [2.45, 2.75) is 19.4 Å². The molecule has 3 rings (SSSR count). The molecule has 0 amide bonds. The van der Waals surface area contributed by atoms with Crippen molar-refractivity contribution in [3.8, 4) is 0 Å². The number of fused-ring (bicyclic) bond motifs is 1. The summed E-state index contributed by atoms with van der Waals surface area (Å²) in [5.41, 5.74) is 0.628. The normalized spacial score (nSPS) is 25.9. The summed E-state index contributed by atoms with van der Waals surface area (Å²) in [5, 5.41) is 10.7. The zero-order valence-corrected chi connectivity index (χ0v) is 8.98. The Morgan fingerprint density at radius 2 is 2.19 bits per heavy atom. The number of aliphatic hydroxyl groups is 1. The zero-order chi connectivity index (χ0) is 11.3. The molecule has 3 atom stereocenters. The highest BCUT2D eigenvalue weighted by Gasteiger charge is 2.40. The average molecular weight is 220 g/mol. The average Bonchev–Trinajstić information content (AvgIpc) is 2.83. The van der Waals surface area contributed by atoms with Gasteiger partial charge in [0.25, 0.3) is 0 Å². The van der Waals surface area contributed by atoms with Gasteiger partial charge in [0.05, 0.1) is 0 Å². The molecule has 84 valence electrons. The number of furan rings is 1. The molecule has 0 aliphatic heterocycles. The molecule has 0 saturated heterocycles. The fraction of sp³-hybridized carbons (Fsp3) is 0.385. The van der Waals surface area contributed by atoms with Crippen LogP contribution in [0.15, 0.2) is 28.7 Å². The van der Waals surface area contributed by atoms with E-state index in [-0.39, 0.29) is 5.82 Å². The monoisotopic (exact) mass is 220 g/mol. The molecule has 16 heavy (non-hydrogen) atoms. The van der Waals surface area contributed by atoms with Crippen LogP contribution in [0.25, 0.3) is 11.0 Å². The standard InChI is InChI=1S/C13H13FO2/c1-7-4-10(7)13(15)12-6-8-5-9(14)2-3-11(8)16-12/h2-3,5-7,10,13,15H,4H2,1H3. The molecule has 1 aliphatic carbocycles. The first-order valence-corrected chi connectivity index (χ1v) is 5.52. The Labute approximate surface area is 92.7 Å². The highest BCUT2D eigenvalue weighted by molar-refractivity contribution is 5.77. The lowest BCUT2D eigenvalue weighted by atomic mass is 10.1. The highest BCUT2D eigenvalue weighted by atomic mass is 19.1. The summed E-state index contributed by atoms with van der Waals surface area (Å²) < 4.78 is 18.5. The Kier molecular flexibility index (Phi) is 2.04. The van der Waals surface area contributed by atoms with Gasteiger partial charge in [0.15, 0.2) is 0 Å². The van der Waals surface area contributed by atoms with Crippen molar-refractivity contribution in [2.75, 3.05) is 0 Å². The fourth-order valence-corrected chi connectivity index (χ4v) is 2.18. The van der Waals surface area contributed by atoms with E-state index in [0.29, 0.717) is 28.6 Å². The van der Waals surface area contributed by atoms with E-state index in [1.807, 2.05) is 0 Å². The maximum atomic E-state index is 13.0. The van der Waals surface area contributed by atoms with Crippen LogP contribution < -0.4 is 0 Å². The molecule has 1 fully saturated rings. The Morgan fingerprint density at radius 1 is 1.44 bits per heavy atom. The first kappa shape index (κ1) is 9.85. The Morgan fingerprint density at radius 3 is 2.88 bits per heavy atom. The number of hydrogen-bond donors (Lipinski definition) is 1. The van der Waals surface area contributed by atoms with E-state index in [4.69, 9.17) is 4.42 Å². The van der Waals surface area contributed by atoms with Gasteiger partial charge >= 0.3 is 0 Å². The van der Waals surface area contributed by atoms with Crippen LogP contribution in [0.5, 0.6) is 0 Å². The SMILES string of the molecule is CC1CC1C(O)c1cc2cc(F)ccc2o1. The third kappa shape index (κ3) is 1.52. The van der Waals surface area contributed by atoms with Gasteiger partial charge < -0.3 is 9.52 Å². The number of aliphatic hydroxyl groups excluding tert-OH is 1. The van der Waals surface area contributed by atoms with Gasteiger partial charge in [0.2, 0.25) is 0 Å². The Hall–Kier alpha value is -1.35. The minimum absolute atomic E-state index is 0.283. The predicted octanol–water partition coefficient (Wildman–Crippen LogP) is 3.26. The lowest BCUT2D eigenvalue weighted by Crippen LogP contribution is -1.98. The summed E-state index contributed by atoms with van der Waals surface area (Å²) in [6, 6.07) is 6.11. The van der Waals surface area contributed by atoms with E-state index in [0.717, 1.165) is 6.42 Å². The van der Waals surface area contributed by atoms with Gasteiger partial charge in [-0.1, -0.05) is 6.92 Å². The van der Waals surface area contributed by atoms with E-state index < -0.39 is 6.10 Å². The largest absolute Gasteiger partial charge is 0.458 e. The van der Waals surface area contributed by atoms with Gasteiger partial charge in [-0.3, -0.25) is 0 Å². The minimum atomic E-state index is -0.550. The van der Waals surface area contributed by atoms with Crippen molar-refractivity contribution in [1.82, 2.24) is 0 Å². The first-order chi connectivity index (χ1) is 7.65. The Balaban J connectivity index is 1.98. The molecule has 1 aliphatic rings. The third-order valence-corrected chi connectivity index (χ3v) is 3.37. The minimum Gasteiger partial charge on any atom is -0.458 e. The molecule has 1 N–H and O–H groups in total. The summed E-state index contributed by atoms with van der Waals surface area (Å²) in [4.78, 5) is 0. The summed E-state index contributed by atoms with van der Waals surface area (Å²) in [6.45, 7) is 2.11. The second kappa shape index (κ2) is 3.32. The van der Waals surface area contributed by atoms with Crippen LogP contribution in [0.3, 0.4) is 0 Å². The molecule has 1 heterocycles. The van der Waals surface area contributed by atoms with Crippen LogP contribution in [-0.2, 0) is 0 Å². The maximum Gasteiger partial charge on any atom is 0.134 e. The van der Waals surface area contributed by atoms with Gasteiger partial charge in [-0.2, -0.15) is 0 Å². The smallest absolute Gasteiger partial charge is 0.134 e. The molecular weight excluding hydrogens is 207 g/mol. The van der Waals surface area contributed by atoms with Crippen molar-refractivity contribution < 1.29 is 13.9 Å². The topological polar surface area (TPSA) is 33.4 Å². The summed E-state index contributed by atoms with van der Waals surface area (Å²) in [5.74, 6) is 1.12. The van der Waals surface area contributed by atoms with E-state index in [2.05, 4.69) is 6.92 Å². The van der Waals surface area contributed by atoms with Crippen molar-refractivity contribution >= 4 is 11.0 Å². The molecule has 2 nitrogen and oxygen atoms in total. The number of rotatable bonds is 2. The quantitative estimate of drug-likeness (QED) is 0.842. The second-order valence-corrected chi connectivity index (χ2v) is 4.65. The number of halogens is 1. The summed E-state index contributed by atoms with van der Waals surface area (Å²) >= 11 is 0. The maximum absolute atomic E-state index is 13.0. The lowest BCUT2D eigenvalue weighted by Gasteiger charge is -2.04. The lowest BCUT2D eigenvalue weighted by molar-refractivity contribution is 0.124. The van der Waals surface area contributed by atoms with E-state index in [9.17, 15) is 9.50 Å². The molecule has 1 saturated carbocycles. The van der Waals surface area contributed by atoms with Crippen molar-refractivity contribution in [3.05, 3.63) is 35.8 Å². The van der Waals surface area contributed by atoms with Gasteiger partial charge in [-0.25, -0.2) is 4.39 Å². The van der Waals surface area contributed by atoms with Crippen molar-refractivity contribution in [1.29, 1.82) is 0 Å². The van der Waals surface area contributed by atoms with Gasteiger partial charge in [0.1, 0.15) is 23.3 Å². The van der Waals surface area contributed by atoms with E-state index >= 15 is 0 Å². The molecule has 1 aromatic carbocycles. The van der Waals surface area contributed by atoms with Crippen LogP contribution in [0, 0.1) is 17.7 Å². The molecule has 2 aromatic rings. The second-order valence-electron chi connectivity index (χ2n) is 4.65. The van der Waals surface area contributed by atoms with E-state index in [1.54, 1.807) is 12.1 Å². The van der Waals surface area contributed by atoms with Crippen LogP contribution in [0.2, 0.25) is 0 Å². The van der Waals surface area contributed by atoms with Crippen LogP contribution in [0.4, 0.5) is 4.39 Å². The molecule has 1 aromatic heterocycles. The fourth-order valence-electron chi connectivity index (χ4n) is 2.18. The molecule has 0 radical (unpaired) electrons. The summed E-state index contributed by atoms with van der Waals surface area (Å²) in [6.07, 6.45) is 0.484. The van der Waals surface area contributed by atoms with Crippen LogP contribution >= 0.6 is 0 Å². The molecule has 3 unspecified atom stereocenters. The predicted molar refractivity (Wildman–Crippen MR) is 58.4 cm³/mol. The molecule has 0 bridgehead atoms. The van der Waals surface area contributed by atoms with Crippen molar-refractivity contribution in [2.24, 2.45) is 11.8 Å².